The number of hydrogen-bond acceptors (Lipinski definition) is 5. The monoisotopic (exact) mass is 510 g/mol. The average Bonchev–Trinajstić information content (AvgIpc) is 2.75. The summed E-state index contributed by atoms with van der Waals surface area (Å²) in [6.45, 7) is 1.10. The number of amides is 1. The molecule has 0 radical (unpaired) electrons. The van der Waals surface area contributed by atoms with Crippen molar-refractivity contribution >= 4 is 54.7 Å². The molecule has 0 heterocycles. The van der Waals surface area contributed by atoms with Gasteiger partial charge in [-0.3, -0.25) is 0 Å². The quantitative estimate of drug-likeness (QED) is 0.285. The zero-order valence-electron chi connectivity index (χ0n) is 16.4. The number of anilines is 1. The van der Waals surface area contributed by atoms with Crippen molar-refractivity contribution in [1.29, 1.82) is 0 Å². The van der Waals surface area contributed by atoms with E-state index in [2.05, 4.69) is 45.9 Å². The van der Waals surface area contributed by atoms with Crippen LogP contribution < -0.4 is 4.90 Å². The first kappa shape index (κ1) is 25.6. The molecule has 0 bridgehead atoms. The van der Waals surface area contributed by atoms with Gasteiger partial charge in [-0.25, -0.2) is 0 Å². The molecule has 2 aromatic carbocycles. The maximum absolute atomic E-state index is 11.6. The van der Waals surface area contributed by atoms with Crippen LogP contribution in [0.25, 0.3) is 22.8 Å². The molecule has 2 aromatic rings. The summed E-state index contributed by atoms with van der Waals surface area (Å²) in [4.78, 5) is 13.7. The fraction of sp³-hybridized carbons (Fsp3) is 0.286. The molecule has 0 fully saturated rings. The molecule has 8 heteroatoms. The Morgan fingerprint density at radius 1 is 1.03 bits per heavy atom. The van der Waals surface area contributed by atoms with Gasteiger partial charge in [-0.1, -0.05) is 48.0 Å². The summed E-state index contributed by atoms with van der Waals surface area (Å²) in [5, 5.41) is 8.49. The average molecular weight is 512 g/mol. The molecule has 5 nitrogen and oxygen atoms in total. The third-order valence-corrected chi connectivity index (χ3v) is 4.31. The summed E-state index contributed by atoms with van der Waals surface area (Å²) in [7, 11) is 4.04. The standard InChI is InChI=1S/C21H26N3OS2.O.Tc/c1-24(2)19-8-5-16(6-9-19)3-4-17-7-10-20(23-21(25)15-27)18(13-17)14-22-11-12-26;;/h3-10,13H,11-12,14-15H2,1-2H3,(H3,23,25,26,27);;/q-1;;+4/p-3/b4-3+;;. The SMILES string of the molecule is CN(C)c1ccc(/C=C/c2ccc([N-]C(=O)C[S-])c(C[N-]CC[S-])c2)cc1.[O]=[Tc+4]. The van der Waals surface area contributed by atoms with Gasteiger partial charge in [-0.2, -0.15) is 12.3 Å². The second-order valence-electron chi connectivity index (χ2n) is 6.17. The molecule has 29 heavy (non-hydrogen) atoms. The first-order valence-electron chi connectivity index (χ1n) is 8.81. The number of carbonyl (C=O) groups excluding carboxylic acids is 1. The van der Waals surface area contributed by atoms with Crippen LogP contribution in [-0.4, -0.2) is 38.1 Å². The molecule has 2 rings (SSSR count). The van der Waals surface area contributed by atoms with Gasteiger partial charge in [-0.05, 0) is 23.3 Å². The summed E-state index contributed by atoms with van der Waals surface area (Å²) in [5.74, 6) is 0.256. The maximum atomic E-state index is 11.6. The Balaban J connectivity index is 0.00000204. The molecule has 0 atom stereocenters. The summed E-state index contributed by atoms with van der Waals surface area (Å²) >= 11 is 10.6. The predicted octanol–water partition coefficient (Wildman–Crippen LogP) is 4.30. The van der Waals surface area contributed by atoms with Crippen LogP contribution in [0.4, 0.5) is 11.4 Å². The van der Waals surface area contributed by atoms with Crippen LogP contribution in [0.2, 0.25) is 0 Å². The molecule has 0 saturated carbocycles. The summed E-state index contributed by atoms with van der Waals surface area (Å²) in [6, 6.07) is 14.1. The Kier molecular flexibility index (Phi) is 12.8. The number of benzene rings is 2. The minimum atomic E-state index is -0.307. The Morgan fingerprint density at radius 3 is 2.24 bits per heavy atom. The minimum absolute atomic E-state index is 0.0205. The molecule has 1 amide bonds. The molecule has 0 aromatic heterocycles. The molecule has 0 N–H and O–H groups in total. The molecule has 0 saturated heterocycles. The van der Waals surface area contributed by atoms with E-state index in [-0.39, 0.29) is 11.7 Å². The van der Waals surface area contributed by atoms with E-state index in [9.17, 15) is 4.79 Å². The van der Waals surface area contributed by atoms with Crippen LogP contribution >= 0.6 is 0 Å². The van der Waals surface area contributed by atoms with Gasteiger partial charge in [0.05, 0.1) is 0 Å². The van der Waals surface area contributed by atoms with E-state index in [0.717, 1.165) is 41.2 Å². The van der Waals surface area contributed by atoms with E-state index < -0.39 is 0 Å². The Labute approximate surface area is 194 Å². The molecule has 153 valence electrons. The summed E-state index contributed by atoms with van der Waals surface area (Å²) in [5.41, 5.74) is 4.84. The van der Waals surface area contributed by atoms with Gasteiger partial charge in [0.1, 0.15) is 0 Å². The third kappa shape index (κ3) is 9.27. The van der Waals surface area contributed by atoms with Crippen molar-refractivity contribution in [3.63, 3.8) is 0 Å². The molecular formula is C21H23N3O2S2Tc. The van der Waals surface area contributed by atoms with E-state index in [1.54, 1.807) is 0 Å². The molecule has 0 aliphatic rings. The Bertz CT molecular complexity index is 799. The first-order chi connectivity index (χ1) is 14.0. The normalized spacial score (nSPS) is 10.4. The van der Waals surface area contributed by atoms with Crippen molar-refractivity contribution in [1.82, 2.24) is 0 Å². The summed E-state index contributed by atoms with van der Waals surface area (Å²) in [6.07, 6.45) is 4.10. The Morgan fingerprint density at radius 2 is 1.66 bits per heavy atom. The van der Waals surface area contributed by atoms with Crippen LogP contribution in [0.5, 0.6) is 0 Å². The van der Waals surface area contributed by atoms with Gasteiger partial charge >= 0.3 is 22.4 Å². The van der Waals surface area contributed by atoms with Gasteiger partial charge < -0.3 is 45.6 Å². The zero-order valence-corrected chi connectivity index (χ0v) is 19.9. The first-order valence-corrected chi connectivity index (χ1v) is 10.7. The number of nitrogens with zero attached hydrogens (tertiary/aromatic N) is 3. The van der Waals surface area contributed by atoms with Gasteiger partial charge in [0.25, 0.3) is 0 Å². The van der Waals surface area contributed by atoms with Crippen LogP contribution in [0.3, 0.4) is 0 Å². The van der Waals surface area contributed by atoms with E-state index in [0.29, 0.717) is 24.5 Å². The predicted molar refractivity (Wildman–Crippen MR) is 121 cm³/mol. The second kappa shape index (κ2) is 14.5. The molecule has 0 spiro atoms. The van der Waals surface area contributed by atoms with Gasteiger partial charge in [0, 0.05) is 25.7 Å². The molecule has 0 aliphatic carbocycles. The fourth-order valence-corrected chi connectivity index (χ4v) is 2.65. The van der Waals surface area contributed by atoms with E-state index in [4.69, 9.17) is 28.8 Å². The van der Waals surface area contributed by atoms with Crippen LogP contribution in [0, 0.1) is 0 Å². The zero-order chi connectivity index (χ0) is 21.6. The number of carbonyl (C=O) groups is 1. The second-order valence-corrected chi connectivity index (χ2v) is 6.86. The molecular weight excluding hydrogens is 488 g/mol. The topological polar surface area (TPSA) is 65.6 Å². The van der Waals surface area contributed by atoms with E-state index in [1.165, 1.54) is 0 Å². The van der Waals surface area contributed by atoms with Crippen molar-refractivity contribution in [2.75, 3.05) is 37.0 Å². The van der Waals surface area contributed by atoms with Crippen molar-refractivity contribution in [2.45, 2.75) is 6.54 Å². The van der Waals surface area contributed by atoms with Crippen molar-refractivity contribution < 1.29 is 27.2 Å². The van der Waals surface area contributed by atoms with Gasteiger partial charge in [0.15, 0.2) is 0 Å². The van der Waals surface area contributed by atoms with Gasteiger partial charge in [-0.15, -0.1) is 18.0 Å². The van der Waals surface area contributed by atoms with E-state index in [1.807, 2.05) is 38.4 Å². The van der Waals surface area contributed by atoms with Crippen molar-refractivity contribution in [2.24, 2.45) is 0 Å². The van der Waals surface area contributed by atoms with Crippen molar-refractivity contribution in [3.8, 4) is 0 Å². The van der Waals surface area contributed by atoms with Crippen LogP contribution in [0.1, 0.15) is 16.7 Å². The van der Waals surface area contributed by atoms with E-state index >= 15 is 0 Å². The van der Waals surface area contributed by atoms with Crippen LogP contribution in [-0.2, 0) is 59.0 Å². The number of hydrogen-bond donors (Lipinski definition) is 0. The van der Waals surface area contributed by atoms with Crippen LogP contribution in [0.15, 0.2) is 42.5 Å². The van der Waals surface area contributed by atoms with Crippen molar-refractivity contribution in [3.05, 3.63) is 69.8 Å². The third-order valence-electron chi connectivity index (χ3n) is 3.88. The molecule has 0 aliphatic heterocycles. The van der Waals surface area contributed by atoms with Gasteiger partial charge in [0.2, 0.25) is 0 Å². The Hall–Kier alpha value is -1.44. The number of rotatable bonds is 9. The summed E-state index contributed by atoms with van der Waals surface area (Å²) < 4.78 is 8.22. The molecule has 0 unspecified atom stereocenters. The fourth-order valence-electron chi connectivity index (χ4n) is 2.45.